The van der Waals surface area contributed by atoms with Gasteiger partial charge in [-0.1, -0.05) is 0 Å². The van der Waals surface area contributed by atoms with Gasteiger partial charge in [0.15, 0.2) is 0 Å². The molecule has 0 atom stereocenters. The zero-order valence-electron chi connectivity index (χ0n) is 11.1. The number of hydrogen-bond acceptors (Lipinski definition) is 2. The molecule has 0 unspecified atom stereocenters. The van der Waals surface area contributed by atoms with Crippen molar-refractivity contribution in [1.29, 1.82) is 0 Å². The molecule has 0 aliphatic heterocycles. The van der Waals surface area contributed by atoms with Crippen LogP contribution in [-0.4, -0.2) is 11.1 Å². The van der Waals surface area contributed by atoms with Gasteiger partial charge in [-0.05, 0) is 55.0 Å². The Hall–Kier alpha value is -2.69. The predicted molar refractivity (Wildman–Crippen MR) is 74.3 cm³/mol. The van der Waals surface area contributed by atoms with Gasteiger partial charge in [-0.15, -0.1) is 0 Å². The molecular weight excluding hydrogens is 278 g/mol. The van der Waals surface area contributed by atoms with Gasteiger partial charge in [0.1, 0.15) is 23.1 Å². The second kappa shape index (κ2) is 6.17. The van der Waals surface area contributed by atoms with Crippen LogP contribution < -0.4 is 4.74 Å². The van der Waals surface area contributed by atoms with E-state index in [1.54, 1.807) is 6.92 Å². The van der Waals surface area contributed by atoms with E-state index in [0.29, 0.717) is 11.3 Å². The Balaban J connectivity index is 2.34. The number of carbonyl (C=O) groups is 1. The Morgan fingerprint density at radius 1 is 1.19 bits per heavy atom. The van der Waals surface area contributed by atoms with Crippen LogP contribution in [0.4, 0.5) is 8.78 Å². The van der Waals surface area contributed by atoms with Crippen LogP contribution in [0.2, 0.25) is 0 Å². The minimum absolute atomic E-state index is 0.277. The van der Waals surface area contributed by atoms with E-state index in [1.165, 1.54) is 36.4 Å². The van der Waals surface area contributed by atoms with Gasteiger partial charge in [-0.2, -0.15) is 0 Å². The lowest BCUT2D eigenvalue weighted by atomic mass is 10.1. The van der Waals surface area contributed by atoms with E-state index in [2.05, 4.69) is 0 Å². The highest BCUT2D eigenvalue weighted by Crippen LogP contribution is 2.28. The van der Waals surface area contributed by atoms with Crippen LogP contribution in [0.15, 0.2) is 42.5 Å². The van der Waals surface area contributed by atoms with Crippen molar-refractivity contribution in [3.63, 3.8) is 0 Å². The second-order valence-corrected chi connectivity index (χ2v) is 4.37. The monoisotopic (exact) mass is 290 g/mol. The molecular formula is C16H12F2O3. The van der Waals surface area contributed by atoms with E-state index in [4.69, 9.17) is 9.84 Å². The fourth-order valence-electron chi connectivity index (χ4n) is 1.71. The Bertz CT molecular complexity index is 709. The van der Waals surface area contributed by atoms with Crippen LogP contribution in [0.25, 0.3) is 6.08 Å². The van der Waals surface area contributed by atoms with Gasteiger partial charge in [0.05, 0.1) is 0 Å². The zero-order valence-corrected chi connectivity index (χ0v) is 11.1. The largest absolute Gasteiger partial charge is 0.478 e. The van der Waals surface area contributed by atoms with Crippen molar-refractivity contribution in [1.82, 2.24) is 0 Å². The maximum atomic E-state index is 13.2. The number of aliphatic carboxylic acids is 1. The van der Waals surface area contributed by atoms with Gasteiger partial charge >= 0.3 is 5.97 Å². The molecule has 0 saturated carbocycles. The highest BCUT2D eigenvalue weighted by atomic mass is 19.1. The Kier molecular flexibility index (Phi) is 4.33. The van der Waals surface area contributed by atoms with Gasteiger partial charge in [0.2, 0.25) is 0 Å². The Morgan fingerprint density at radius 3 is 2.62 bits per heavy atom. The molecule has 1 N–H and O–H groups in total. The quantitative estimate of drug-likeness (QED) is 0.860. The molecule has 0 saturated heterocycles. The van der Waals surface area contributed by atoms with Crippen LogP contribution in [0.5, 0.6) is 11.5 Å². The molecule has 0 aliphatic carbocycles. The maximum absolute atomic E-state index is 13.2. The third-order valence-corrected chi connectivity index (χ3v) is 2.73. The molecule has 2 aromatic carbocycles. The predicted octanol–water partition coefficient (Wildman–Crippen LogP) is 4.16. The molecule has 108 valence electrons. The lowest BCUT2D eigenvalue weighted by Gasteiger charge is -2.10. The molecule has 2 aromatic rings. The third-order valence-electron chi connectivity index (χ3n) is 2.73. The molecule has 5 heteroatoms. The fourth-order valence-corrected chi connectivity index (χ4v) is 1.71. The summed E-state index contributed by atoms with van der Waals surface area (Å²) >= 11 is 0. The SMILES string of the molecule is Cc1cc(Oc2ccc(F)cc2/C=C/C(=O)O)ccc1F. The van der Waals surface area contributed by atoms with Crippen molar-refractivity contribution in [2.24, 2.45) is 0 Å². The van der Waals surface area contributed by atoms with Gasteiger partial charge in [-0.25, -0.2) is 13.6 Å². The molecule has 0 aliphatic rings. The van der Waals surface area contributed by atoms with Crippen molar-refractivity contribution >= 4 is 12.0 Å². The summed E-state index contributed by atoms with van der Waals surface area (Å²) in [5, 5.41) is 8.63. The smallest absolute Gasteiger partial charge is 0.328 e. The van der Waals surface area contributed by atoms with Crippen molar-refractivity contribution in [3.8, 4) is 11.5 Å². The Labute approximate surface area is 120 Å². The fraction of sp³-hybridized carbons (Fsp3) is 0.0625. The summed E-state index contributed by atoms with van der Waals surface area (Å²) in [4.78, 5) is 10.5. The van der Waals surface area contributed by atoms with E-state index in [-0.39, 0.29) is 17.1 Å². The highest BCUT2D eigenvalue weighted by Gasteiger charge is 2.06. The summed E-state index contributed by atoms with van der Waals surface area (Å²) in [5.41, 5.74) is 0.691. The van der Waals surface area contributed by atoms with E-state index < -0.39 is 11.8 Å². The first-order valence-corrected chi connectivity index (χ1v) is 6.10. The minimum atomic E-state index is -1.15. The number of carboxylic acids is 1. The van der Waals surface area contributed by atoms with E-state index >= 15 is 0 Å². The molecule has 0 spiro atoms. The average molecular weight is 290 g/mol. The number of rotatable bonds is 4. The minimum Gasteiger partial charge on any atom is -0.478 e. The number of halogens is 2. The normalized spacial score (nSPS) is 10.8. The summed E-state index contributed by atoms with van der Waals surface area (Å²) in [6.45, 7) is 1.60. The van der Waals surface area contributed by atoms with E-state index in [0.717, 1.165) is 12.1 Å². The van der Waals surface area contributed by atoms with Crippen LogP contribution in [0.1, 0.15) is 11.1 Å². The standard InChI is InChI=1S/C16H12F2O3/c1-10-8-13(4-5-14(10)18)21-15-6-3-12(17)9-11(15)2-7-16(19)20/h2-9H,1H3,(H,19,20)/b7-2+. The zero-order chi connectivity index (χ0) is 15.4. The summed E-state index contributed by atoms with van der Waals surface area (Å²) in [6.07, 6.45) is 2.12. The molecule has 0 bridgehead atoms. The first-order valence-electron chi connectivity index (χ1n) is 6.10. The van der Waals surface area contributed by atoms with Crippen molar-refractivity contribution < 1.29 is 23.4 Å². The first-order chi connectivity index (χ1) is 9.95. The van der Waals surface area contributed by atoms with Crippen molar-refractivity contribution in [3.05, 3.63) is 65.2 Å². The average Bonchev–Trinajstić information content (AvgIpc) is 2.43. The van der Waals surface area contributed by atoms with Crippen LogP contribution in [0, 0.1) is 18.6 Å². The van der Waals surface area contributed by atoms with Gasteiger partial charge in [0.25, 0.3) is 0 Å². The number of aryl methyl sites for hydroxylation is 1. The Morgan fingerprint density at radius 2 is 1.95 bits per heavy atom. The summed E-state index contributed by atoms with van der Waals surface area (Å²) < 4.78 is 32.0. The topological polar surface area (TPSA) is 46.5 Å². The molecule has 2 rings (SSSR count). The summed E-state index contributed by atoms with van der Waals surface area (Å²) in [7, 11) is 0. The number of hydrogen-bond donors (Lipinski definition) is 1. The van der Waals surface area contributed by atoms with Gasteiger partial charge < -0.3 is 9.84 Å². The van der Waals surface area contributed by atoms with Crippen molar-refractivity contribution in [2.45, 2.75) is 6.92 Å². The van der Waals surface area contributed by atoms with Gasteiger partial charge in [0, 0.05) is 11.6 Å². The number of carboxylic acid groups (broad SMARTS) is 1. The summed E-state index contributed by atoms with van der Waals surface area (Å²) in [5.74, 6) is -1.36. The number of benzene rings is 2. The lowest BCUT2D eigenvalue weighted by Crippen LogP contribution is -1.92. The molecule has 0 heterocycles. The highest BCUT2D eigenvalue weighted by molar-refractivity contribution is 5.85. The van der Waals surface area contributed by atoms with Gasteiger partial charge in [-0.3, -0.25) is 0 Å². The van der Waals surface area contributed by atoms with Crippen LogP contribution >= 0.6 is 0 Å². The van der Waals surface area contributed by atoms with Crippen LogP contribution in [0.3, 0.4) is 0 Å². The molecule has 0 aromatic heterocycles. The second-order valence-electron chi connectivity index (χ2n) is 4.37. The number of ether oxygens (including phenoxy) is 1. The van der Waals surface area contributed by atoms with E-state index in [9.17, 15) is 13.6 Å². The molecule has 3 nitrogen and oxygen atoms in total. The molecule has 0 radical (unpaired) electrons. The lowest BCUT2D eigenvalue weighted by molar-refractivity contribution is -0.131. The third kappa shape index (κ3) is 3.89. The van der Waals surface area contributed by atoms with Crippen LogP contribution in [-0.2, 0) is 4.79 Å². The molecule has 0 fully saturated rings. The first kappa shape index (κ1) is 14.7. The van der Waals surface area contributed by atoms with E-state index in [1.807, 2.05) is 0 Å². The molecule has 0 amide bonds. The molecule has 21 heavy (non-hydrogen) atoms. The maximum Gasteiger partial charge on any atom is 0.328 e. The van der Waals surface area contributed by atoms with Crippen molar-refractivity contribution in [2.75, 3.05) is 0 Å². The summed E-state index contributed by atoms with van der Waals surface area (Å²) in [6, 6.07) is 7.95.